The van der Waals surface area contributed by atoms with Gasteiger partial charge in [-0.05, 0) is 37.2 Å². The van der Waals surface area contributed by atoms with Gasteiger partial charge in [0.25, 0.3) is 0 Å². The third-order valence-corrected chi connectivity index (χ3v) is 5.82. The fourth-order valence-corrected chi connectivity index (χ4v) is 4.17. The number of hydrogen-bond acceptors (Lipinski definition) is 5. The van der Waals surface area contributed by atoms with Gasteiger partial charge in [0.2, 0.25) is 11.8 Å². The lowest BCUT2D eigenvalue weighted by molar-refractivity contribution is -0.121. The molecule has 1 amide bonds. The molecule has 144 valence electrons. The first-order valence-electron chi connectivity index (χ1n) is 10.1. The normalized spacial score (nSPS) is 20.2. The molecule has 1 aromatic heterocycles. The van der Waals surface area contributed by atoms with Crippen LogP contribution in [0.4, 0.5) is 0 Å². The van der Waals surface area contributed by atoms with Gasteiger partial charge in [0, 0.05) is 6.92 Å². The van der Waals surface area contributed by atoms with E-state index in [1.807, 2.05) is 18.2 Å². The van der Waals surface area contributed by atoms with Crippen molar-refractivity contribution in [3.63, 3.8) is 0 Å². The largest absolute Gasteiger partial charge is 0.348 e. The third kappa shape index (κ3) is 4.21. The number of benzene rings is 1. The summed E-state index contributed by atoms with van der Waals surface area (Å²) in [4.78, 5) is 17.2. The van der Waals surface area contributed by atoms with E-state index in [9.17, 15) is 4.79 Å². The van der Waals surface area contributed by atoms with Gasteiger partial charge in [-0.15, -0.1) is 0 Å². The molecule has 2 aliphatic rings. The van der Waals surface area contributed by atoms with Crippen molar-refractivity contribution in [1.29, 1.82) is 0 Å². The lowest BCUT2D eigenvalue weighted by atomic mass is 9.81. The van der Waals surface area contributed by atoms with Crippen LogP contribution in [0.15, 0.2) is 34.9 Å². The zero-order valence-corrected chi connectivity index (χ0v) is 15.9. The highest BCUT2D eigenvalue weighted by molar-refractivity contribution is 5.78. The second-order valence-corrected chi connectivity index (χ2v) is 7.93. The molecule has 6 nitrogen and oxygen atoms in total. The molecule has 0 aliphatic heterocycles. The van der Waals surface area contributed by atoms with Crippen LogP contribution in [0.25, 0.3) is 0 Å². The number of rotatable bonds is 7. The monoisotopic (exact) mass is 368 g/mol. The van der Waals surface area contributed by atoms with Gasteiger partial charge < -0.3 is 9.84 Å². The average molecular weight is 368 g/mol. The predicted octanol–water partition coefficient (Wildman–Crippen LogP) is 3.39. The van der Waals surface area contributed by atoms with Crippen molar-refractivity contribution in [2.24, 2.45) is 5.92 Å². The van der Waals surface area contributed by atoms with E-state index >= 15 is 0 Å². The van der Waals surface area contributed by atoms with Crippen LogP contribution in [0.3, 0.4) is 0 Å². The van der Waals surface area contributed by atoms with Gasteiger partial charge in [-0.2, -0.15) is 4.98 Å². The van der Waals surface area contributed by atoms with Crippen LogP contribution < -0.4 is 10.6 Å². The quantitative estimate of drug-likeness (QED) is 0.783. The van der Waals surface area contributed by atoms with Crippen molar-refractivity contribution in [1.82, 2.24) is 20.8 Å². The van der Waals surface area contributed by atoms with Gasteiger partial charge in [0.15, 0.2) is 5.82 Å². The summed E-state index contributed by atoms with van der Waals surface area (Å²) in [6.07, 6.45) is 7.66. The van der Waals surface area contributed by atoms with Crippen molar-refractivity contribution < 1.29 is 9.32 Å². The number of nitrogens with one attached hydrogen (secondary N) is 2. The summed E-state index contributed by atoms with van der Waals surface area (Å²) in [5.74, 6) is 1.84. The van der Waals surface area contributed by atoms with Crippen molar-refractivity contribution >= 4 is 5.91 Å². The number of hydrogen-bond donors (Lipinski definition) is 2. The first-order chi connectivity index (χ1) is 13.2. The van der Waals surface area contributed by atoms with Crippen LogP contribution in [-0.2, 0) is 10.3 Å². The Labute approximate surface area is 160 Å². The minimum absolute atomic E-state index is 0.0286. The van der Waals surface area contributed by atoms with Gasteiger partial charge in [-0.3, -0.25) is 10.1 Å². The Morgan fingerprint density at radius 1 is 1.22 bits per heavy atom. The number of carbonyl (C=O) groups is 1. The fourth-order valence-electron chi connectivity index (χ4n) is 4.17. The van der Waals surface area contributed by atoms with Crippen molar-refractivity contribution in [2.75, 3.05) is 6.54 Å². The van der Waals surface area contributed by atoms with Crippen LogP contribution in [0.5, 0.6) is 0 Å². The van der Waals surface area contributed by atoms with E-state index in [0.29, 0.717) is 17.6 Å². The zero-order valence-electron chi connectivity index (χ0n) is 15.9. The maximum atomic E-state index is 12.7. The number of nitrogens with zero attached hydrogens (tertiary/aromatic N) is 2. The summed E-state index contributed by atoms with van der Waals surface area (Å²) in [6, 6.07) is 10.4. The molecule has 2 aliphatic carbocycles. The minimum atomic E-state index is -0.352. The Hall–Kier alpha value is -2.21. The van der Waals surface area contributed by atoms with E-state index in [-0.39, 0.29) is 24.0 Å². The van der Waals surface area contributed by atoms with E-state index in [0.717, 1.165) is 25.7 Å². The van der Waals surface area contributed by atoms with E-state index < -0.39 is 0 Å². The van der Waals surface area contributed by atoms with Crippen LogP contribution in [0, 0.1) is 12.8 Å². The van der Waals surface area contributed by atoms with E-state index in [2.05, 4.69) is 32.9 Å². The molecule has 2 saturated carbocycles. The molecule has 27 heavy (non-hydrogen) atoms. The highest BCUT2D eigenvalue weighted by Gasteiger charge is 2.39. The number of amides is 1. The summed E-state index contributed by atoms with van der Waals surface area (Å²) in [7, 11) is 0. The summed E-state index contributed by atoms with van der Waals surface area (Å²) >= 11 is 0. The Morgan fingerprint density at radius 3 is 2.59 bits per heavy atom. The van der Waals surface area contributed by atoms with Crippen molar-refractivity contribution in [3.8, 4) is 0 Å². The van der Waals surface area contributed by atoms with Crippen LogP contribution in [0.2, 0.25) is 0 Å². The zero-order chi connectivity index (χ0) is 18.7. The second kappa shape index (κ2) is 7.80. The summed E-state index contributed by atoms with van der Waals surface area (Å²) in [6.45, 7) is 2.07. The SMILES string of the molecule is Cc1nc(C2(NCC(=O)NC(c3ccccc3)C3CC3)CCCCC2)no1. The maximum Gasteiger partial charge on any atom is 0.234 e. The molecule has 4 rings (SSSR count). The Kier molecular flexibility index (Phi) is 5.25. The van der Waals surface area contributed by atoms with Crippen LogP contribution in [0.1, 0.15) is 68.3 Å². The van der Waals surface area contributed by atoms with Crippen molar-refractivity contribution in [2.45, 2.75) is 63.5 Å². The molecule has 0 saturated heterocycles. The van der Waals surface area contributed by atoms with E-state index in [1.54, 1.807) is 6.92 Å². The number of aryl methyl sites for hydroxylation is 1. The topological polar surface area (TPSA) is 80.0 Å². The molecule has 0 bridgehead atoms. The highest BCUT2D eigenvalue weighted by Crippen LogP contribution is 2.41. The third-order valence-electron chi connectivity index (χ3n) is 5.82. The molecule has 6 heteroatoms. The van der Waals surface area contributed by atoms with Crippen LogP contribution >= 0.6 is 0 Å². The molecule has 1 atom stereocenters. The van der Waals surface area contributed by atoms with Gasteiger partial charge in [-0.25, -0.2) is 0 Å². The van der Waals surface area contributed by atoms with Crippen molar-refractivity contribution in [3.05, 3.63) is 47.6 Å². The summed E-state index contributed by atoms with van der Waals surface area (Å²) in [5.41, 5.74) is 0.837. The molecule has 2 N–H and O–H groups in total. The molecular formula is C21H28N4O2. The first-order valence-corrected chi connectivity index (χ1v) is 10.1. The lowest BCUT2D eigenvalue weighted by Crippen LogP contribution is -2.49. The molecule has 2 fully saturated rings. The van der Waals surface area contributed by atoms with Crippen LogP contribution in [-0.4, -0.2) is 22.6 Å². The smallest absolute Gasteiger partial charge is 0.234 e. The fraction of sp³-hybridized carbons (Fsp3) is 0.571. The molecular weight excluding hydrogens is 340 g/mol. The predicted molar refractivity (Wildman–Crippen MR) is 102 cm³/mol. The Balaban J connectivity index is 1.42. The summed E-state index contributed by atoms with van der Waals surface area (Å²) in [5, 5.41) is 10.9. The highest BCUT2D eigenvalue weighted by atomic mass is 16.5. The van der Waals surface area contributed by atoms with Gasteiger partial charge in [0.1, 0.15) is 0 Å². The Morgan fingerprint density at radius 2 is 1.96 bits per heavy atom. The molecule has 1 aromatic carbocycles. The molecule has 0 radical (unpaired) electrons. The van der Waals surface area contributed by atoms with Gasteiger partial charge >= 0.3 is 0 Å². The first kappa shape index (κ1) is 18.2. The average Bonchev–Trinajstić information content (AvgIpc) is 3.45. The Bertz CT molecular complexity index is 763. The van der Waals surface area contributed by atoms with E-state index in [1.165, 1.54) is 24.8 Å². The lowest BCUT2D eigenvalue weighted by Gasteiger charge is -2.35. The molecule has 2 aromatic rings. The van der Waals surface area contributed by atoms with E-state index in [4.69, 9.17) is 4.52 Å². The minimum Gasteiger partial charge on any atom is -0.348 e. The standard InChI is InChI=1S/C21H28N4O2/c1-15-23-20(25-27-15)21(12-6-3-7-13-21)22-14-18(26)24-19(17-10-11-17)16-8-4-2-5-9-16/h2,4-5,8-9,17,19,22H,3,6-7,10-14H2,1H3,(H,24,26). The van der Waals surface area contributed by atoms with Gasteiger partial charge in [-0.1, -0.05) is 54.8 Å². The van der Waals surface area contributed by atoms with Gasteiger partial charge in [0.05, 0.1) is 18.1 Å². The summed E-state index contributed by atoms with van der Waals surface area (Å²) < 4.78 is 5.21. The molecule has 1 heterocycles. The maximum absolute atomic E-state index is 12.7. The number of carbonyl (C=O) groups excluding carboxylic acids is 1. The second-order valence-electron chi connectivity index (χ2n) is 7.93. The molecule has 0 spiro atoms. The number of aromatic nitrogens is 2. The molecule has 1 unspecified atom stereocenters.